The second-order valence-corrected chi connectivity index (χ2v) is 19.8. The van der Waals surface area contributed by atoms with E-state index in [-0.39, 0.29) is 53.2 Å². The van der Waals surface area contributed by atoms with E-state index in [1.807, 2.05) is 12.1 Å². The van der Waals surface area contributed by atoms with E-state index in [0.29, 0.717) is 42.3 Å². The number of carboxylic acids is 1. The van der Waals surface area contributed by atoms with Crippen molar-refractivity contribution in [3.05, 3.63) is 29.8 Å². The topological polar surface area (TPSA) is 152 Å². The fraction of sp³-hybridized carbons (Fsp3) is 0.805. The summed E-state index contributed by atoms with van der Waals surface area (Å²) in [6.45, 7) is 14.4. The molecule has 1 aromatic carbocycles. The first-order valence-corrected chi connectivity index (χ1v) is 21.7. The summed E-state index contributed by atoms with van der Waals surface area (Å²) in [6.07, 6.45) is 7.78. The zero-order valence-electron chi connectivity index (χ0n) is 32.8. The van der Waals surface area contributed by atoms with Crippen molar-refractivity contribution in [1.82, 2.24) is 5.09 Å². The molecule has 0 aromatic heterocycles. The first-order valence-electron chi connectivity index (χ1n) is 19.9. The van der Waals surface area contributed by atoms with Gasteiger partial charge in [-0.3, -0.25) is 14.2 Å². The molecular formula is C41H66NO9P. The molecule has 0 amide bonds. The van der Waals surface area contributed by atoms with Crippen LogP contribution in [0.25, 0.3) is 0 Å². The van der Waals surface area contributed by atoms with E-state index >= 15 is 0 Å². The number of aliphatic hydroxyl groups is 2. The summed E-state index contributed by atoms with van der Waals surface area (Å²) >= 11 is 0. The van der Waals surface area contributed by atoms with Crippen LogP contribution in [-0.2, 0) is 30.0 Å². The lowest BCUT2D eigenvalue weighted by atomic mass is 9.41. The van der Waals surface area contributed by atoms with Crippen LogP contribution in [0.15, 0.2) is 24.3 Å². The van der Waals surface area contributed by atoms with Gasteiger partial charge in [0.05, 0.1) is 24.2 Å². The van der Waals surface area contributed by atoms with Gasteiger partial charge in [-0.1, -0.05) is 46.2 Å². The number of nitrogens with one attached hydrogen (secondary N) is 1. The third-order valence-electron chi connectivity index (χ3n) is 14.2. The molecule has 5 rings (SSSR count). The lowest BCUT2D eigenvalue weighted by Gasteiger charge is -2.64. The van der Waals surface area contributed by atoms with Gasteiger partial charge in [-0.05, 0) is 149 Å². The van der Waals surface area contributed by atoms with E-state index < -0.39 is 31.4 Å². The van der Waals surface area contributed by atoms with Gasteiger partial charge in [0.1, 0.15) is 18.1 Å². The summed E-state index contributed by atoms with van der Waals surface area (Å²) in [6, 6.07) is 6.10. The van der Waals surface area contributed by atoms with Gasteiger partial charge in [0.25, 0.3) is 0 Å². The van der Waals surface area contributed by atoms with Crippen LogP contribution >= 0.6 is 7.52 Å². The molecule has 10 nitrogen and oxygen atoms in total. The number of benzene rings is 1. The number of carbonyl (C=O) groups is 2. The van der Waals surface area contributed by atoms with Gasteiger partial charge in [-0.2, -0.15) is 0 Å². The summed E-state index contributed by atoms with van der Waals surface area (Å²) in [5.74, 6) is 0.755. The highest BCUT2D eigenvalue weighted by molar-refractivity contribution is 7.57. The van der Waals surface area contributed by atoms with Crippen molar-refractivity contribution in [2.75, 3.05) is 13.5 Å². The number of fused-ring (bicyclic) bond motifs is 5. The number of esters is 1. The monoisotopic (exact) mass is 747 g/mol. The summed E-state index contributed by atoms with van der Waals surface area (Å²) < 4.78 is 29.8. The normalized spacial score (nSPS) is 37.1. The number of hydrogen-bond donors (Lipinski definition) is 4. The lowest BCUT2D eigenvalue weighted by Crippen LogP contribution is -2.62. The number of hydrogen-bond acceptors (Lipinski definition) is 8. The molecule has 3 unspecified atom stereocenters. The number of carboxylic acid groups (broad SMARTS) is 1. The molecule has 0 saturated heterocycles. The average Bonchev–Trinajstić information content (AvgIpc) is 3.43. The van der Waals surface area contributed by atoms with E-state index in [4.69, 9.17) is 14.0 Å². The molecule has 0 radical (unpaired) electrons. The number of methoxy groups -OCH3 is 1. The Hall–Kier alpha value is -1.97. The molecule has 4 fully saturated rings. The Bertz CT molecular complexity index is 1440. The number of aliphatic carboxylic acids is 1. The zero-order chi connectivity index (χ0) is 38.2. The SMILES string of the molecule is CC[C@@H]1C2C[C@H](O)CC[C@]2(C)[C@H]2CC[C@]3(C)[C@@H]([C@H](C)CC(Cc4ccc(OP(=O)(COC)N[C@@H](C)C(=O)OC(C)C)cc4)C(=O)O)CC[C@H]3[C@@H]2[C@@H]1O. The fourth-order valence-electron chi connectivity index (χ4n) is 11.9. The van der Waals surface area contributed by atoms with Gasteiger partial charge in [-0.25, -0.2) is 5.09 Å². The van der Waals surface area contributed by atoms with Crippen LogP contribution in [0.5, 0.6) is 5.75 Å². The van der Waals surface area contributed by atoms with Gasteiger partial charge in [0, 0.05) is 7.11 Å². The summed E-state index contributed by atoms with van der Waals surface area (Å²) in [5.41, 5.74) is 1.07. The molecular weight excluding hydrogens is 681 g/mol. The third kappa shape index (κ3) is 8.32. The molecule has 0 spiro atoms. The van der Waals surface area contributed by atoms with E-state index in [9.17, 15) is 29.5 Å². The Balaban J connectivity index is 1.24. The van der Waals surface area contributed by atoms with Crippen LogP contribution < -0.4 is 9.61 Å². The Morgan fingerprint density at radius 2 is 1.62 bits per heavy atom. The minimum Gasteiger partial charge on any atom is -0.481 e. The van der Waals surface area contributed by atoms with Gasteiger partial charge in [0.15, 0.2) is 0 Å². The maximum absolute atomic E-state index is 13.6. The second-order valence-electron chi connectivity index (χ2n) is 17.7. The first kappa shape index (κ1) is 41.2. The summed E-state index contributed by atoms with van der Waals surface area (Å²) in [4.78, 5) is 25.0. The van der Waals surface area contributed by atoms with Gasteiger partial charge in [-0.15, -0.1) is 0 Å². The number of aliphatic hydroxyl groups excluding tert-OH is 2. The molecule has 294 valence electrons. The summed E-state index contributed by atoms with van der Waals surface area (Å²) in [5, 5.41) is 35.8. The minimum atomic E-state index is -3.63. The Morgan fingerprint density at radius 3 is 2.23 bits per heavy atom. The number of carbonyl (C=O) groups excluding carboxylic acids is 1. The summed E-state index contributed by atoms with van der Waals surface area (Å²) in [7, 11) is -2.22. The molecule has 4 aliphatic rings. The van der Waals surface area contributed by atoms with Gasteiger partial charge < -0.3 is 29.3 Å². The standard InChI is InChI=1S/C41H66NO9P/c1-9-31-35-22-29(43)16-18-41(35,7)34-17-19-40(6)32(14-15-33(40)36(34)37(31)44)25(4)20-28(38(45)46)21-27-10-12-30(13-11-27)51-52(48,23-49-8)42-26(5)39(47)50-24(2)3/h10-13,24-26,28-29,31-37,43-44H,9,14-23H2,1-8H3,(H,42,48)(H,45,46)/t25-,26+,28?,29-,31-,32-,33+,34+,35?,36+,37-,40-,41-,52?/m1/s1. The lowest BCUT2D eigenvalue weighted by molar-refractivity contribution is -0.203. The molecule has 4 saturated carbocycles. The molecule has 52 heavy (non-hydrogen) atoms. The van der Waals surface area contributed by atoms with Crippen molar-refractivity contribution in [1.29, 1.82) is 0 Å². The quantitative estimate of drug-likeness (QED) is 0.104. The van der Waals surface area contributed by atoms with Crippen molar-refractivity contribution in [2.24, 2.45) is 58.2 Å². The van der Waals surface area contributed by atoms with Crippen LogP contribution in [0, 0.1) is 58.2 Å². The molecule has 11 heteroatoms. The smallest absolute Gasteiger partial charge is 0.342 e. The maximum atomic E-state index is 13.6. The van der Waals surface area contributed by atoms with Gasteiger partial charge in [0.2, 0.25) is 0 Å². The molecule has 0 aliphatic heterocycles. The molecule has 4 N–H and O–H groups in total. The molecule has 0 bridgehead atoms. The van der Waals surface area contributed by atoms with Crippen LogP contribution in [0.1, 0.15) is 112 Å². The number of ether oxygens (including phenoxy) is 2. The zero-order valence-corrected chi connectivity index (χ0v) is 33.6. The Morgan fingerprint density at radius 1 is 0.962 bits per heavy atom. The molecule has 0 heterocycles. The minimum absolute atomic E-state index is 0.0620. The molecule has 14 atom stereocenters. The Kier molecular flexibility index (Phi) is 13.0. The highest BCUT2D eigenvalue weighted by atomic mass is 31.2. The Labute approximate surface area is 311 Å². The highest BCUT2D eigenvalue weighted by Gasteiger charge is 2.65. The van der Waals surface area contributed by atoms with E-state index in [2.05, 4.69) is 32.8 Å². The first-order chi connectivity index (χ1) is 24.5. The van der Waals surface area contributed by atoms with Crippen molar-refractivity contribution >= 4 is 19.5 Å². The predicted molar refractivity (Wildman–Crippen MR) is 201 cm³/mol. The second kappa shape index (κ2) is 16.4. The van der Waals surface area contributed by atoms with Crippen molar-refractivity contribution in [3.8, 4) is 5.75 Å². The van der Waals surface area contributed by atoms with Crippen LogP contribution in [0.3, 0.4) is 0 Å². The van der Waals surface area contributed by atoms with Crippen molar-refractivity contribution < 1.29 is 43.5 Å². The van der Waals surface area contributed by atoms with Crippen molar-refractivity contribution in [3.63, 3.8) is 0 Å². The third-order valence-corrected chi connectivity index (χ3v) is 16.1. The maximum Gasteiger partial charge on any atom is 0.342 e. The van der Waals surface area contributed by atoms with E-state index in [0.717, 1.165) is 56.9 Å². The predicted octanol–water partition coefficient (Wildman–Crippen LogP) is 7.69. The van der Waals surface area contributed by atoms with E-state index in [1.54, 1.807) is 32.9 Å². The number of rotatable bonds is 15. The molecule has 1 aromatic rings. The van der Waals surface area contributed by atoms with Crippen molar-refractivity contribution in [2.45, 2.75) is 137 Å². The molecule has 4 aliphatic carbocycles. The van der Waals surface area contributed by atoms with Crippen LogP contribution in [0.4, 0.5) is 0 Å². The fourth-order valence-corrected chi connectivity index (χ4v) is 13.6. The largest absolute Gasteiger partial charge is 0.481 e. The van der Waals surface area contributed by atoms with Crippen LogP contribution in [-0.4, -0.2) is 65.1 Å². The van der Waals surface area contributed by atoms with E-state index in [1.165, 1.54) is 7.11 Å². The average molecular weight is 748 g/mol. The highest BCUT2D eigenvalue weighted by Crippen LogP contribution is 2.69. The van der Waals surface area contributed by atoms with Crippen LogP contribution in [0.2, 0.25) is 0 Å². The van der Waals surface area contributed by atoms with Gasteiger partial charge >= 0.3 is 19.5 Å².